The lowest BCUT2D eigenvalue weighted by molar-refractivity contribution is -0.138. The van der Waals surface area contributed by atoms with Crippen LogP contribution in [0.4, 0.5) is 4.79 Å². The molecule has 3 rings (SSSR count). The van der Waals surface area contributed by atoms with Gasteiger partial charge in [0, 0.05) is 45.8 Å². The first kappa shape index (κ1) is 27.0. The molecule has 0 spiro atoms. The molecule has 32 heavy (non-hydrogen) atoms. The van der Waals surface area contributed by atoms with Crippen LogP contribution in [0, 0.1) is 5.41 Å². The summed E-state index contributed by atoms with van der Waals surface area (Å²) < 4.78 is 5.64. The van der Waals surface area contributed by atoms with Gasteiger partial charge in [0.05, 0.1) is 5.41 Å². The van der Waals surface area contributed by atoms with E-state index < -0.39 is 5.60 Å². The van der Waals surface area contributed by atoms with Gasteiger partial charge in [0.2, 0.25) is 5.91 Å². The second-order valence-electron chi connectivity index (χ2n) is 10.7. The summed E-state index contributed by atoms with van der Waals surface area (Å²) in [5.74, 6) is 0.949. The standard InChI is InChI=1S/C23H41N5O3.HI/c1-22(2,3)31-21(30)28-17-9-10-18(28)14-16(13-17)26-20(24-4)25-15-23(11-7-8-12-23)19(29)27(5)6;/h16-18H,7-15H2,1-6H3,(H2,24,25,26);1H. The second kappa shape index (κ2) is 10.8. The molecular weight excluding hydrogens is 521 g/mol. The molecule has 2 unspecified atom stereocenters. The number of rotatable bonds is 4. The monoisotopic (exact) mass is 563 g/mol. The minimum Gasteiger partial charge on any atom is -0.444 e. The maximum atomic E-state index is 12.8. The van der Waals surface area contributed by atoms with Crippen molar-refractivity contribution in [3.63, 3.8) is 0 Å². The number of ether oxygens (including phenoxy) is 1. The third-order valence-electron chi connectivity index (χ3n) is 6.92. The van der Waals surface area contributed by atoms with Crippen molar-refractivity contribution in [1.82, 2.24) is 20.4 Å². The van der Waals surface area contributed by atoms with Crippen LogP contribution >= 0.6 is 24.0 Å². The fourth-order valence-corrected chi connectivity index (χ4v) is 5.54. The smallest absolute Gasteiger partial charge is 0.410 e. The Morgan fingerprint density at radius 1 is 1.12 bits per heavy atom. The first-order valence-electron chi connectivity index (χ1n) is 11.7. The SMILES string of the molecule is CN=C(NCC1(C(=O)N(C)C)CCCC1)NC1CC2CCC(C1)N2C(=O)OC(C)(C)C.I. The molecule has 2 atom stereocenters. The van der Waals surface area contributed by atoms with Crippen LogP contribution in [0.5, 0.6) is 0 Å². The molecule has 2 heterocycles. The average molecular weight is 564 g/mol. The Bertz CT molecular complexity index is 686. The third kappa shape index (κ3) is 6.20. The van der Waals surface area contributed by atoms with Gasteiger partial charge in [0.15, 0.2) is 5.96 Å². The Kier molecular flexibility index (Phi) is 9.09. The van der Waals surface area contributed by atoms with Crippen molar-refractivity contribution in [3.8, 4) is 0 Å². The van der Waals surface area contributed by atoms with E-state index in [0.717, 1.165) is 57.3 Å². The van der Waals surface area contributed by atoms with Crippen LogP contribution < -0.4 is 10.6 Å². The highest BCUT2D eigenvalue weighted by atomic mass is 127. The lowest BCUT2D eigenvalue weighted by atomic mass is 9.84. The number of carbonyl (C=O) groups excluding carboxylic acids is 2. The van der Waals surface area contributed by atoms with E-state index in [2.05, 4.69) is 15.6 Å². The zero-order valence-corrected chi connectivity index (χ0v) is 22.9. The normalized spacial score (nSPS) is 26.9. The highest BCUT2D eigenvalue weighted by Crippen LogP contribution is 2.39. The second-order valence-corrected chi connectivity index (χ2v) is 10.7. The molecule has 2 saturated heterocycles. The fraction of sp³-hybridized carbons (Fsp3) is 0.870. The first-order chi connectivity index (χ1) is 14.5. The zero-order valence-electron chi connectivity index (χ0n) is 20.6. The summed E-state index contributed by atoms with van der Waals surface area (Å²) in [6.45, 7) is 6.34. The maximum absolute atomic E-state index is 12.8. The molecule has 0 aromatic heterocycles. The van der Waals surface area contributed by atoms with Gasteiger partial charge < -0.3 is 25.2 Å². The van der Waals surface area contributed by atoms with Crippen molar-refractivity contribution in [2.75, 3.05) is 27.7 Å². The molecule has 3 aliphatic rings. The number of piperidine rings is 1. The minimum absolute atomic E-state index is 0. The van der Waals surface area contributed by atoms with Gasteiger partial charge in [-0.2, -0.15) is 0 Å². The van der Waals surface area contributed by atoms with Gasteiger partial charge in [-0.3, -0.25) is 9.79 Å². The Labute approximate surface area is 210 Å². The largest absolute Gasteiger partial charge is 0.444 e. The van der Waals surface area contributed by atoms with Crippen molar-refractivity contribution < 1.29 is 14.3 Å². The molecule has 9 heteroatoms. The van der Waals surface area contributed by atoms with Gasteiger partial charge in [-0.25, -0.2) is 4.79 Å². The maximum Gasteiger partial charge on any atom is 0.410 e. The number of halogens is 1. The van der Waals surface area contributed by atoms with E-state index in [-0.39, 0.29) is 59.5 Å². The molecule has 0 radical (unpaired) electrons. The molecule has 2 N–H and O–H groups in total. The molecule has 0 aromatic carbocycles. The van der Waals surface area contributed by atoms with Gasteiger partial charge in [-0.1, -0.05) is 12.8 Å². The van der Waals surface area contributed by atoms with Gasteiger partial charge in [-0.15, -0.1) is 24.0 Å². The van der Waals surface area contributed by atoms with Crippen LogP contribution in [-0.2, 0) is 9.53 Å². The number of aliphatic imine (C=N–C) groups is 1. The summed E-state index contributed by atoms with van der Waals surface area (Å²) in [6.07, 6.45) is 7.67. The molecule has 1 saturated carbocycles. The Morgan fingerprint density at radius 3 is 2.16 bits per heavy atom. The molecule has 2 bridgehead atoms. The quantitative estimate of drug-likeness (QED) is 0.312. The van der Waals surface area contributed by atoms with Gasteiger partial charge >= 0.3 is 6.09 Å². The van der Waals surface area contributed by atoms with Crippen molar-refractivity contribution in [2.45, 2.75) is 95.9 Å². The number of hydrogen-bond donors (Lipinski definition) is 2. The lowest BCUT2D eigenvalue weighted by Gasteiger charge is -2.40. The highest BCUT2D eigenvalue weighted by molar-refractivity contribution is 14.0. The van der Waals surface area contributed by atoms with E-state index in [0.29, 0.717) is 6.54 Å². The summed E-state index contributed by atoms with van der Waals surface area (Å²) in [6, 6.07) is 0.674. The minimum atomic E-state index is -0.474. The van der Waals surface area contributed by atoms with E-state index in [1.54, 1.807) is 11.9 Å². The van der Waals surface area contributed by atoms with Crippen molar-refractivity contribution in [3.05, 3.63) is 0 Å². The molecule has 3 fully saturated rings. The van der Waals surface area contributed by atoms with Crippen LogP contribution in [0.2, 0.25) is 0 Å². The number of fused-ring (bicyclic) bond motifs is 2. The molecule has 184 valence electrons. The molecular formula is C23H42IN5O3. The summed E-state index contributed by atoms with van der Waals surface area (Å²) >= 11 is 0. The van der Waals surface area contributed by atoms with Gasteiger partial charge in [0.25, 0.3) is 0 Å². The van der Waals surface area contributed by atoms with Crippen LogP contribution in [0.1, 0.15) is 72.1 Å². The Balaban J connectivity index is 0.00000363. The summed E-state index contributed by atoms with van der Waals surface area (Å²) in [4.78, 5) is 33.6. The number of guanidine groups is 1. The van der Waals surface area contributed by atoms with Crippen LogP contribution in [0.25, 0.3) is 0 Å². The summed E-state index contributed by atoms with van der Waals surface area (Å²) in [7, 11) is 5.45. The van der Waals surface area contributed by atoms with Crippen molar-refractivity contribution in [1.29, 1.82) is 0 Å². The predicted molar refractivity (Wildman–Crippen MR) is 137 cm³/mol. The van der Waals surface area contributed by atoms with Crippen molar-refractivity contribution >= 4 is 41.9 Å². The van der Waals surface area contributed by atoms with E-state index >= 15 is 0 Å². The Morgan fingerprint density at radius 2 is 1.69 bits per heavy atom. The van der Waals surface area contributed by atoms with Crippen LogP contribution in [0.15, 0.2) is 4.99 Å². The van der Waals surface area contributed by atoms with Crippen LogP contribution in [-0.4, -0.2) is 79.2 Å². The number of amides is 2. The van der Waals surface area contributed by atoms with Gasteiger partial charge in [0.1, 0.15) is 5.60 Å². The summed E-state index contributed by atoms with van der Waals surface area (Å²) in [5, 5.41) is 7.00. The van der Waals surface area contributed by atoms with E-state index in [1.165, 1.54) is 0 Å². The molecule has 2 amide bonds. The topological polar surface area (TPSA) is 86.3 Å². The number of nitrogens with one attached hydrogen (secondary N) is 2. The third-order valence-corrected chi connectivity index (χ3v) is 6.92. The predicted octanol–water partition coefficient (Wildman–Crippen LogP) is 3.35. The van der Waals surface area contributed by atoms with Crippen molar-refractivity contribution in [2.24, 2.45) is 10.4 Å². The summed E-state index contributed by atoms with van der Waals surface area (Å²) in [5.41, 5.74) is -0.808. The average Bonchev–Trinajstić information content (AvgIpc) is 3.26. The molecule has 2 aliphatic heterocycles. The molecule has 1 aliphatic carbocycles. The molecule has 8 nitrogen and oxygen atoms in total. The number of hydrogen-bond acceptors (Lipinski definition) is 4. The lowest BCUT2D eigenvalue weighted by Crippen LogP contribution is -2.56. The van der Waals surface area contributed by atoms with Gasteiger partial charge in [-0.05, 0) is 59.3 Å². The molecule has 0 aromatic rings. The first-order valence-corrected chi connectivity index (χ1v) is 11.7. The highest BCUT2D eigenvalue weighted by Gasteiger charge is 2.45. The Hall–Kier alpha value is -1.26. The zero-order chi connectivity index (χ0) is 22.8. The fourth-order valence-electron chi connectivity index (χ4n) is 5.54. The van der Waals surface area contributed by atoms with Crippen LogP contribution in [0.3, 0.4) is 0 Å². The van der Waals surface area contributed by atoms with E-state index in [9.17, 15) is 9.59 Å². The number of carbonyl (C=O) groups is 2. The van der Waals surface area contributed by atoms with E-state index in [4.69, 9.17) is 4.74 Å². The van der Waals surface area contributed by atoms with E-state index in [1.807, 2.05) is 39.8 Å². The number of nitrogens with zero attached hydrogens (tertiary/aromatic N) is 3.